The van der Waals surface area contributed by atoms with Crippen molar-refractivity contribution in [2.75, 3.05) is 13.2 Å². The molecule has 0 aliphatic heterocycles. The third-order valence-corrected chi connectivity index (χ3v) is 3.62. The van der Waals surface area contributed by atoms with Gasteiger partial charge in [-0.25, -0.2) is 0 Å². The molecule has 0 saturated carbocycles. The Morgan fingerprint density at radius 3 is 2.28 bits per heavy atom. The van der Waals surface area contributed by atoms with Gasteiger partial charge in [-0.05, 0) is 18.9 Å². The molecular weight excluding hydrogens is 232 g/mol. The second-order valence-electron chi connectivity index (χ2n) is 4.60. The van der Waals surface area contributed by atoms with Crippen molar-refractivity contribution in [3.05, 3.63) is 35.9 Å². The van der Waals surface area contributed by atoms with E-state index in [1.54, 1.807) is 30.3 Å². The van der Waals surface area contributed by atoms with Crippen molar-refractivity contribution >= 4 is 5.91 Å². The van der Waals surface area contributed by atoms with Crippen LogP contribution in [0.5, 0.6) is 0 Å². The first-order valence-electron chi connectivity index (χ1n) is 5.81. The average Bonchev–Trinajstić information content (AvgIpc) is 2.38. The van der Waals surface area contributed by atoms with E-state index >= 15 is 0 Å². The lowest BCUT2D eigenvalue weighted by atomic mass is 9.67. The fourth-order valence-electron chi connectivity index (χ4n) is 2.13. The molecule has 0 heterocycles. The first-order valence-corrected chi connectivity index (χ1v) is 5.81. The van der Waals surface area contributed by atoms with Crippen molar-refractivity contribution in [2.45, 2.75) is 18.9 Å². The quantitative estimate of drug-likeness (QED) is 0.557. The van der Waals surface area contributed by atoms with Gasteiger partial charge in [0.25, 0.3) is 0 Å². The highest BCUT2D eigenvalue weighted by molar-refractivity contribution is 5.82. The van der Waals surface area contributed by atoms with E-state index in [0.29, 0.717) is 5.56 Å². The Hall–Kier alpha value is -1.43. The molecule has 1 aromatic rings. The lowest BCUT2D eigenvalue weighted by Gasteiger charge is -2.42. The Kier molecular flexibility index (Phi) is 4.45. The Balaban J connectivity index is 3.32. The van der Waals surface area contributed by atoms with Crippen LogP contribution in [0.4, 0.5) is 0 Å². The van der Waals surface area contributed by atoms with Crippen LogP contribution < -0.4 is 11.5 Å². The number of carbonyl (C=O) groups excluding carboxylic acids is 1. The maximum absolute atomic E-state index is 11.7. The molecule has 0 saturated heterocycles. The number of primary amides is 1. The van der Waals surface area contributed by atoms with E-state index in [9.17, 15) is 9.90 Å². The first-order chi connectivity index (χ1) is 8.42. The number of carbonyl (C=O) groups is 1. The SMILES string of the molecule is CC(CCO)(C(N)=O)C(O)(CN)c1ccccc1. The molecule has 1 amide bonds. The lowest BCUT2D eigenvalue weighted by molar-refractivity contribution is -0.148. The zero-order valence-electron chi connectivity index (χ0n) is 10.5. The van der Waals surface area contributed by atoms with E-state index in [-0.39, 0.29) is 19.6 Å². The van der Waals surface area contributed by atoms with Gasteiger partial charge in [-0.3, -0.25) is 4.79 Å². The van der Waals surface area contributed by atoms with Gasteiger partial charge in [0.05, 0.1) is 5.41 Å². The van der Waals surface area contributed by atoms with Gasteiger partial charge in [0.1, 0.15) is 5.60 Å². The number of amides is 1. The topological polar surface area (TPSA) is 110 Å². The van der Waals surface area contributed by atoms with E-state index in [1.807, 2.05) is 0 Å². The summed E-state index contributed by atoms with van der Waals surface area (Å²) in [6.07, 6.45) is 0.0466. The van der Waals surface area contributed by atoms with Crippen LogP contribution in [0.3, 0.4) is 0 Å². The number of hydrogen-bond acceptors (Lipinski definition) is 4. The van der Waals surface area contributed by atoms with Crippen molar-refractivity contribution in [1.29, 1.82) is 0 Å². The molecule has 1 aromatic carbocycles. The zero-order valence-corrected chi connectivity index (χ0v) is 10.5. The summed E-state index contributed by atoms with van der Waals surface area (Å²) in [5.41, 5.74) is 8.64. The molecule has 0 fully saturated rings. The van der Waals surface area contributed by atoms with E-state index in [2.05, 4.69) is 0 Å². The number of hydrogen-bond donors (Lipinski definition) is 4. The van der Waals surface area contributed by atoms with Crippen LogP contribution in [0.25, 0.3) is 0 Å². The molecule has 0 radical (unpaired) electrons. The van der Waals surface area contributed by atoms with Gasteiger partial charge in [0, 0.05) is 13.2 Å². The normalized spacial score (nSPS) is 17.8. The van der Waals surface area contributed by atoms with Crippen LogP contribution in [-0.4, -0.2) is 29.3 Å². The van der Waals surface area contributed by atoms with E-state index in [1.165, 1.54) is 6.92 Å². The lowest BCUT2D eigenvalue weighted by Crippen LogP contribution is -2.56. The van der Waals surface area contributed by atoms with Crippen LogP contribution >= 0.6 is 0 Å². The minimum atomic E-state index is -1.59. The zero-order chi connectivity index (χ0) is 13.8. The summed E-state index contributed by atoms with van der Waals surface area (Å²) in [5, 5.41) is 19.9. The van der Waals surface area contributed by atoms with Crippen molar-refractivity contribution in [2.24, 2.45) is 16.9 Å². The molecule has 100 valence electrons. The van der Waals surface area contributed by atoms with E-state index in [4.69, 9.17) is 16.6 Å². The van der Waals surface area contributed by atoms with Crippen LogP contribution in [0.1, 0.15) is 18.9 Å². The standard InChI is InChI=1S/C13H20N2O3/c1-12(7-8-16,11(15)17)13(18,9-14)10-5-3-2-4-6-10/h2-6,16,18H,7-9,14H2,1H3,(H2,15,17). The molecule has 5 heteroatoms. The molecule has 18 heavy (non-hydrogen) atoms. The van der Waals surface area contributed by atoms with E-state index < -0.39 is 16.9 Å². The third-order valence-electron chi connectivity index (χ3n) is 3.62. The maximum atomic E-state index is 11.7. The maximum Gasteiger partial charge on any atom is 0.226 e. The highest BCUT2D eigenvalue weighted by Crippen LogP contribution is 2.41. The minimum absolute atomic E-state index is 0.0466. The van der Waals surface area contributed by atoms with Gasteiger partial charge in [-0.15, -0.1) is 0 Å². The smallest absolute Gasteiger partial charge is 0.226 e. The second kappa shape index (κ2) is 5.48. The van der Waals surface area contributed by atoms with Crippen LogP contribution in [-0.2, 0) is 10.4 Å². The van der Waals surface area contributed by atoms with Gasteiger partial charge in [-0.2, -0.15) is 0 Å². The Morgan fingerprint density at radius 2 is 1.89 bits per heavy atom. The van der Waals surface area contributed by atoms with Gasteiger partial charge in [-0.1, -0.05) is 30.3 Å². The first kappa shape index (κ1) is 14.6. The molecular formula is C13H20N2O3. The average molecular weight is 252 g/mol. The summed E-state index contributed by atoms with van der Waals surface area (Å²) in [4.78, 5) is 11.7. The monoisotopic (exact) mass is 252 g/mol. The fraction of sp³-hybridized carbons (Fsp3) is 0.462. The molecule has 5 nitrogen and oxygen atoms in total. The number of nitrogens with two attached hydrogens (primary N) is 2. The van der Waals surface area contributed by atoms with Crippen LogP contribution in [0, 0.1) is 5.41 Å². The molecule has 0 aliphatic carbocycles. The molecule has 2 unspecified atom stereocenters. The molecule has 6 N–H and O–H groups in total. The summed E-state index contributed by atoms with van der Waals surface area (Å²) >= 11 is 0. The van der Waals surface area contributed by atoms with E-state index in [0.717, 1.165) is 0 Å². The fourth-order valence-corrected chi connectivity index (χ4v) is 2.13. The number of aliphatic hydroxyl groups is 2. The largest absolute Gasteiger partial charge is 0.396 e. The molecule has 0 aliphatic rings. The molecule has 0 spiro atoms. The third kappa shape index (κ3) is 2.25. The summed E-state index contributed by atoms with van der Waals surface area (Å²) in [5.74, 6) is -0.687. The molecule has 0 bridgehead atoms. The van der Waals surface area contributed by atoms with Gasteiger partial charge >= 0.3 is 0 Å². The van der Waals surface area contributed by atoms with Gasteiger partial charge < -0.3 is 21.7 Å². The van der Waals surface area contributed by atoms with Crippen LogP contribution in [0.2, 0.25) is 0 Å². The summed E-state index contributed by atoms with van der Waals surface area (Å²) in [6.45, 7) is 1.11. The predicted octanol–water partition coefficient (Wildman–Crippen LogP) is -0.293. The minimum Gasteiger partial charge on any atom is -0.396 e. The molecule has 1 rings (SSSR count). The van der Waals surface area contributed by atoms with Crippen molar-refractivity contribution < 1.29 is 15.0 Å². The predicted molar refractivity (Wildman–Crippen MR) is 68.4 cm³/mol. The van der Waals surface area contributed by atoms with Crippen molar-refractivity contribution in [3.63, 3.8) is 0 Å². The Morgan fingerprint density at radius 1 is 1.33 bits per heavy atom. The van der Waals surface area contributed by atoms with Crippen molar-refractivity contribution in [1.82, 2.24) is 0 Å². The Bertz CT molecular complexity index is 410. The van der Waals surface area contributed by atoms with Crippen molar-refractivity contribution in [3.8, 4) is 0 Å². The summed E-state index contributed by atoms with van der Waals surface area (Å²) < 4.78 is 0. The highest BCUT2D eigenvalue weighted by atomic mass is 16.3. The Labute approximate surface area is 106 Å². The highest BCUT2D eigenvalue weighted by Gasteiger charge is 2.51. The molecule has 0 aromatic heterocycles. The van der Waals surface area contributed by atoms with Gasteiger partial charge in [0.15, 0.2) is 0 Å². The van der Waals surface area contributed by atoms with Crippen LogP contribution in [0.15, 0.2) is 30.3 Å². The second-order valence-corrected chi connectivity index (χ2v) is 4.60. The molecule has 2 atom stereocenters. The van der Waals surface area contributed by atoms with Gasteiger partial charge in [0.2, 0.25) is 5.91 Å². The number of benzene rings is 1. The summed E-state index contributed by atoms with van der Waals surface area (Å²) in [7, 11) is 0. The number of rotatable bonds is 6. The number of aliphatic hydroxyl groups excluding tert-OH is 1. The summed E-state index contributed by atoms with van der Waals surface area (Å²) in [6, 6.07) is 8.66.